The van der Waals surface area contributed by atoms with Crippen molar-refractivity contribution >= 4 is 17.8 Å². The predicted molar refractivity (Wildman–Crippen MR) is 81.5 cm³/mol. The number of nitrogens with one attached hydrogen (secondary N) is 2. The molecule has 0 atom stereocenters. The molecule has 7 heteroatoms. The number of rotatable bonds is 7. The molecule has 1 rings (SSSR count). The largest absolute Gasteiger partial charge is 0.484 e. The van der Waals surface area contributed by atoms with Crippen LogP contribution in [-0.4, -0.2) is 31.0 Å². The van der Waals surface area contributed by atoms with Crippen LogP contribution in [0.5, 0.6) is 5.75 Å². The average Bonchev–Trinajstić information content (AvgIpc) is 2.45. The number of imide groups is 1. The number of nitrogens with two attached hydrogens (primary N) is 1. The van der Waals surface area contributed by atoms with E-state index >= 15 is 0 Å². The van der Waals surface area contributed by atoms with Crippen LogP contribution >= 0.6 is 0 Å². The van der Waals surface area contributed by atoms with E-state index in [2.05, 4.69) is 10.6 Å². The average molecular weight is 307 g/mol. The number of benzene rings is 1. The molecule has 0 unspecified atom stereocenters. The Morgan fingerprint density at radius 1 is 1.18 bits per heavy atom. The monoisotopic (exact) mass is 307 g/mol. The smallest absolute Gasteiger partial charge is 0.321 e. The van der Waals surface area contributed by atoms with Gasteiger partial charge in [-0.25, -0.2) is 4.79 Å². The lowest BCUT2D eigenvalue weighted by Crippen LogP contribution is -2.42. The lowest BCUT2D eigenvalue weighted by atomic mass is 10.1. The van der Waals surface area contributed by atoms with E-state index in [1.807, 2.05) is 13.8 Å². The molecule has 0 saturated heterocycles. The molecule has 0 spiro atoms. The van der Waals surface area contributed by atoms with Gasteiger partial charge in [-0.15, -0.1) is 0 Å². The van der Waals surface area contributed by atoms with Crippen molar-refractivity contribution in [3.8, 4) is 5.75 Å². The lowest BCUT2D eigenvalue weighted by Gasteiger charge is -2.09. The first-order valence-electron chi connectivity index (χ1n) is 6.99. The third-order valence-corrected chi connectivity index (χ3v) is 2.77. The Labute approximate surface area is 129 Å². The highest BCUT2D eigenvalue weighted by Gasteiger charge is 2.08. The van der Waals surface area contributed by atoms with Crippen molar-refractivity contribution in [3.05, 3.63) is 29.8 Å². The molecule has 0 aliphatic carbocycles. The fourth-order valence-corrected chi connectivity index (χ4v) is 1.55. The van der Waals surface area contributed by atoms with E-state index in [-0.39, 0.29) is 6.61 Å². The minimum absolute atomic E-state index is 0.298. The molecule has 4 N–H and O–H groups in total. The van der Waals surface area contributed by atoms with E-state index in [0.29, 0.717) is 23.8 Å². The van der Waals surface area contributed by atoms with Crippen LogP contribution in [0.1, 0.15) is 30.6 Å². The van der Waals surface area contributed by atoms with Gasteiger partial charge in [-0.2, -0.15) is 0 Å². The number of hydrogen-bond acceptors (Lipinski definition) is 4. The van der Waals surface area contributed by atoms with Crippen molar-refractivity contribution in [3.63, 3.8) is 0 Å². The highest BCUT2D eigenvalue weighted by atomic mass is 16.5. The second-order valence-electron chi connectivity index (χ2n) is 5.16. The molecule has 0 radical (unpaired) electrons. The molecule has 0 bridgehead atoms. The topological polar surface area (TPSA) is 111 Å². The van der Waals surface area contributed by atoms with Gasteiger partial charge in [0.1, 0.15) is 5.75 Å². The van der Waals surface area contributed by atoms with Crippen LogP contribution in [-0.2, 0) is 4.79 Å². The van der Waals surface area contributed by atoms with E-state index < -0.39 is 17.8 Å². The van der Waals surface area contributed by atoms with Crippen LogP contribution in [0.15, 0.2) is 24.3 Å². The van der Waals surface area contributed by atoms with E-state index in [0.717, 1.165) is 6.42 Å². The molecule has 0 saturated carbocycles. The number of urea groups is 1. The van der Waals surface area contributed by atoms with Crippen LogP contribution < -0.4 is 21.1 Å². The normalized spacial score (nSPS) is 10.1. The van der Waals surface area contributed by atoms with Gasteiger partial charge in [-0.1, -0.05) is 13.8 Å². The first kappa shape index (κ1) is 17.5. The van der Waals surface area contributed by atoms with E-state index in [1.165, 1.54) is 24.3 Å². The van der Waals surface area contributed by atoms with Crippen LogP contribution in [0, 0.1) is 5.92 Å². The molecule has 0 aromatic heterocycles. The number of carbonyl (C=O) groups excluding carboxylic acids is 3. The molecule has 1 aromatic carbocycles. The van der Waals surface area contributed by atoms with Gasteiger partial charge >= 0.3 is 6.03 Å². The molecule has 1 aromatic rings. The van der Waals surface area contributed by atoms with Gasteiger partial charge in [-0.3, -0.25) is 14.9 Å². The standard InChI is InChI=1S/C15H21N3O4/c1-10(2)7-8-17-15(21)18-13(19)9-22-12-5-3-11(4-6-12)14(16)20/h3-6,10H,7-9H2,1-2H3,(H2,16,20)(H2,17,18,19,21). The molecule has 0 aliphatic rings. The van der Waals surface area contributed by atoms with E-state index in [4.69, 9.17) is 10.5 Å². The Kier molecular flexibility index (Phi) is 6.88. The summed E-state index contributed by atoms with van der Waals surface area (Å²) in [5.74, 6) is -0.216. The summed E-state index contributed by atoms with van der Waals surface area (Å²) in [4.78, 5) is 33.8. The Balaban J connectivity index is 2.30. The number of primary amides is 1. The Bertz CT molecular complexity index is 526. The minimum Gasteiger partial charge on any atom is -0.484 e. The zero-order valence-electron chi connectivity index (χ0n) is 12.7. The summed E-state index contributed by atoms with van der Waals surface area (Å²) >= 11 is 0. The highest BCUT2D eigenvalue weighted by Crippen LogP contribution is 2.11. The summed E-state index contributed by atoms with van der Waals surface area (Å²) in [5.41, 5.74) is 5.46. The maximum absolute atomic E-state index is 11.5. The Morgan fingerprint density at radius 2 is 1.82 bits per heavy atom. The lowest BCUT2D eigenvalue weighted by molar-refractivity contribution is -0.122. The van der Waals surface area contributed by atoms with Gasteiger partial charge in [0, 0.05) is 12.1 Å². The second-order valence-corrected chi connectivity index (χ2v) is 5.16. The zero-order valence-corrected chi connectivity index (χ0v) is 12.7. The SMILES string of the molecule is CC(C)CCNC(=O)NC(=O)COc1ccc(C(N)=O)cc1. The quantitative estimate of drug-likeness (QED) is 0.698. The molecule has 0 aliphatic heterocycles. The van der Waals surface area contributed by atoms with Crippen molar-refractivity contribution in [2.75, 3.05) is 13.2 Å². The van der Waals surface area contributed by atoms with Crippen LogP contribution in [0.4, 0.5) is 4.79 Å². The zero-order chi connectivity index (χ0) is 16.5. The summed E-state index contributed by atoms with van der Waals surface area (Å²) in [6.07, 6.45) is 0.838. The molecular weight excluding hydrogens is 286 g/mol. The molecule has 7 nitrogen and oxygen atoms in total. The van der Waals surface area contributed by atoms with Crippen molar-refractivity contribution in [1.82, 2.24) is 10.6 Å². The maximum atomic E-state index is 11.5. The Morgan fingerprint density at radius 3 is 2.36 bits per heavy atom. The van der Waals surface area contributed by atoms with Crippen LogP contribution in [0.3, 0.4) is 0 Å². The summed E-state index contributed by atoms with van der Waals surface area (Å²) < 4.78 is 5.20. The number of hydrogen-bond donors (Lipinski definition) is 3. The molecule has 0 fully saturated rings. The number of carbonyl (C=O) groups is 3. The molecule has 4 amide bonds. The van der Waals surface area contributed by atoms with Crippen molar-refractivity contribution in [2.45, 2.75) is 20.3 Å². The third-order valence-electron chi connectivity index (χ3n) is 2.77. The van der Waals surface area contributed by atoms with Gasteiger partial charge in [-0.05, 0) is 36.6 Å². The molecule has 0 heterocycles. The minimum atomic E-state index is -0.555. The summed E-state index contributed by atoms with van der Waals surface area (Å²) in [6.45, 7) is 4.30. The van der Waals surface area contributed by atoms with Crippen molar-refractivity contribution in [1.29, 1.82) is 0 Å². The second kappa shape index (κ2) is 8.66. The highest BCUT2D eigenvalue weighted by molar-refractivity contribution is 5.95. The molecule has 120 valence electrons. The van der Waals surface area contributed by atoms with Gasteiger partial charge in [0.15, 0.2) is 6.61 Å². The van der Waals surface area contributed by atoms with E-state index in [1.54, 1.807) is 0 Å². The number of amides is 4. The van der Waals surface area contributed by atoms with E-state index in [9.17, 15) is 14.4 Å². The summed E-state index contributed by atoms with van der Waals surface area (Å²) in [7, 11) is 0. The van der Waals surface area contributed by atoms with Gasteiger partial charge in [0.05, 0.1) is 0 Å². The van der Waals surface area contributed by atoms with Gasteiger partial charge in [0.25, 0.3) is 5.91 Å². The van der Waals surface area contributed by atoms with Gasteiger partial charge in [0.2, 0.25) is 5.91 Å². The Hall–Kier alpha value is -2.57. The fourth-order valence-electron chi connectivity index (χ4n) is 1.55. The van der Waals surface area contributed by atoms with Crippen LogP contribution in [0.2, 0.25) is 0 Å². The van der Waals surface area contributed by atoms with Gasteiger partial charge < -0.3 is 15.8 Å². The third kappa shape index (κ3) is 6.74. The molecule has 22 heavy (non-hydrogen) atoms. The first-order chi connectivity index (χ1) is 10.4. The maximum Gasteiger partial charge on any atom is 0.321 e. The first-order valence-corrected chi connectivity index (χ1v) is 6.99. The summed E-state index contributed by atoms with van der Waals surface area (Å²) in [6, 6.07) is 5.49. The predicted octanol–water partition coefficient (Wildman–Crippen LogP) is 1.04. The summed E-state index contributed by atoms with van der Waals surface area (Å²) in [5, 5.41) is 4.75. The van der Waals surface area contributed by atoms with Crippen molar-refractivity contribution in [2.24, 2.45) is 11.7 Å². The molecular formula is C15H21N3O4. The van der Waals surface area contributed by atoms with Crippen molar-refractivity contribution < 1.29 is 19.1 Å². The fraction of sp³-hybridized carbons (Fsp3) is 0.400. The van der Waals surface area contributed by atoms with Crippen LogP contribution in [0.25, 0.3) is 0 Å². The number of ether oxygens (including phenoxy) is 1.